The Hall–Kier alpha value is -2.16. The second-order valence-electron chi connectivity index (χ2n) is 5.80. The molecule has 9 nitrogen and oxygen atoms in total. The summed E-state index contributed by atoms with van der Waals surface area (Å²) in [6.45, 7) is 4.73. The summed E-state index contributed by atoms with van der Waals surface area (Å²) in [6.07, 6.45) is -3.70. The molecule has 0 aromatic rings. The predicted octanol–water partition coefficient (Wildman–Crippen LogP) is 1.22. The monoisotopic (exact) mass is 374 g/mol. The highest BCUT2D eigenvalue weighted by molar-refractivity contribution is 5.71. The lowest BCUT2D eigenvalue weighted by Gasteiger charge is -2.40. The minimum atomic E-state index is -1.05. The van der Waals surface area contributed by atoms with E-state index in [1.165, 1.54) is 0 Å². The molecule has 1 fully saturated rings. The summed E-state index contributed by atoms with van der Waals surface area (Å²) >= 11 is 0. The second kappa shape index (κ2) is 10.7. The molecule has 1 heterocycles. The average molecular weight is 374 g/mol. The van der Waals surface area contributed by atoms with Crippen LogP contribution in [0.15, 0.2) is 0 Å². The zero-order chi connectivity index (χ0) is 19.7. The van der Waals surface area contributed by atoms with Gasteiger partial charge in [0.15, 0.2) is 18.3 Å². The van der Waals surface area contributed by atoms with Crippen molar-refractivity contribution in [3.8, 4) is 0 Å². The van der Waals surface area contributed by atoms with Crippen molar-refractivity contribution in [1.29, 1.82) is 0 Å². The number of esters is 3. The van der Waals surface area contributed by atoms with E-state index < -0.39 is 48.3 Å². The molecule has 1 rings (SSSR count). The van der Waals surface area contributed by atoms with E-state index >= 15 is 0 Å². The topological polar surface area (TPSA) is 125 Å². The quantitative estimate of drug-likeness (QED) is 0.468. The third-order valence-electron chi connectivity index (χ3n) is 3.86. The van der Waals surface area contributed by atoms with Gasteiger partial charge >= 0.3 is 23.9 Å². The van der Waals surface area contributed by atoms with Gasteiger partial charge in [-0.25, -0.2) is 0 Å². The molecule has 0 aromatic heterocycles. The summed E-state index contributed by atoms with van der Waals surface area (Å²) in [4.78, 5) is 46.1. The van der Waals surface area contributed by atoms with Crippen LogP contribution < -0.4 is 0 Å². The van der Waals surface area contributed by atoms with Crippen molar-refractivity contribution in [2.75, 3.05) is 6.61 Å². The molecule has 0 radical (unpaired) electrons. The van der Waals surface area contributed by atoms with E-state index in [-0.39, 0.29) is 38.7 Å². The summed E-state index contributed by atoms with van der Waals surface area (Å²) in [5.41, 5.74) is 0. The maximum Gasteiger partial charge on any atom is 0.306 e. The lowest BCUT2D eigenvalue weighted by molar-refractivity contribution is -0.228. The van der Waals surface area contributed by atoms with Gasteiger partial charge in [-0.2, -0.15) is 0 Å². The van der Waals surface area contributed by atoms with Crippen molar-refractivity contribution in [1.82, 2.24) is 0 Å². The van der Waals surface area contributed by atoms with Crippen LogP contribution in [-0.4, -0.2) is 60.0 Å². The molecule has 0 aliphatic carbocycles. The third kappa shape index (κ3) is 6.62. The number of rotatable bonds is 9. The molecule has 1 saturated heterocycles. The van der Waals surface area contributed by atoms with Gasteiger partial charge in [-0.3, -0.25) is 19.2 Å². The molecule has 1 N–H and O–H groups in total. The van der Waals surface area contributed by atoms with Crippen LogP contribution in [0.3, 0.4) is 0 Å². The summed E-state index contributed by atoms with van der Waals surface area (Å²) in [5, 5.41) is 8.89. The fraction of sp³-hybridized carbons (Fsp3) is 0.765. The Balaban J connectivity index is 3.06. The van der Waals surface area contributed by atoms with Gasteiger partial charge in [-0.05, 0) is 6.42 Å². The van der Waals surface area contributed by atoms with Crippen molar-refractivity contribution in [3.63, 3.8) is 0 Å². The smallest absolute Gasteiger partial charge is 0.306 e. The fourth-order valence-corrected chi connectivity index (χ4v) is 2.45. The first-order valence-corrected chi connectivity index (χ1v) is 8.74. The van der Waals surface area contributed by atoms with Crippen LogP contribution in [0.2, 0.25) is 0 Å². The van der Waals surface area contributed by atoms with Crippen LogP contribution in [0.25, 0.3) is 0 Å². The highest BCUT2D eigenvalue weighted by Gasteiger charge is 2.47. The Morgan fingerprint density at radius 3 is 1.88 bits per heavy atom. The van der Waals surface area contributed by atoms with Crippen LogP contribution in [0.5, 0.6) is 0 Å². The highest BCUT2D eigenvalue weighted by Crippen LogP contribution is 2.27. The Morgan fingerprint density at radius 2 is 1.38 bits per heavy atom. The van der Waals surface area contributed by atoms with Gasteiger partial charge in [0.1, 0.15) is 0 Å². The predicted molar refractivity (Wildman–Crippen MR) is 87.1 cm³/mol. The fourth-order valence-electron chi connectivity index (χ4n) is 2.45. The van der Waals surface area contributed by atoms with E-state index in [4.69, 9.17) is 24.1 Å². The van der Waals surface area contributed by atoms with Gasteiger partial charge in [0.05, 0.1) is 12.7 Å². The van der Waals surface area contributed by atoms with E-state index in [0.717, 1.165) is 0 Å². The molecule has 0 amide bonds. The van der Waals surface area contributed by atoms with Crippen molar-refractivity contribution in [3.05, 3.63) is 0 Å². The van der Waals surface area contributed by atoms with Crippen molar-refractivity contribution < 1.29 is 43.2 Å². The van der Waals surface area contributed by atoms with Crippen LogP contribution in [0, 0.1) is 0 Å². The molecular formula is C17H26O9. The molecule has 0 bridgehead atoms. The number of carbonyl (C=O) groups excluding carboxylic acids is 3. The Labute approximate surface area is 151 Å². The van der Waals surface area contributed by atoms with Crippen LogP contribution in [0.4, 0.5) is 0 Å². The van der Waals surface area contributed by atoms with E-state index in [2.05, 4.69) is 0 Å². The number of hydrogen-bond acceptors (Lipinski definition) is 8. The number of carboxylic acid groups (broad SMARTS) is 1. The van der Waals surface area contributed by atoms with Crippen molar-refractivity contribution in [2.45, 2.75) is 77.3 Å². The minimum absolute atomic E-state index is 0.0611. The summed E-state index contributed by atoms with van der Waals surface area (Å²) in [7, 11) is 0. The average Bonchev–Trinajstić information content (AvgIpc) is 2.62. The second-order valence-corrected chi connectivity index (χ2v) is 5.80. The van der Waals surface area contributed by atoms with Crippen molar-refractivity contribution >= 4 is 23.9 Å². The molecule has 0 aromatic carbocycles. The number of ether oxygens (including phenoxy) is 4. The SMILES string of the molecule is CCC(=O)O[C@H]1[C@H](OC(=O)CC)[C@H](OC(=O)CC)CO[C@@H]1CCC(=O)O. The van der Waals surface area contributed by atoms with E-state index in [9.17, 15) is 19.2 Å². The maximum atomic E-state index is 11.8. The van der Waals surface area contributed by atoms with Crippen LogP contribution in [-0.2, 0) is 38.1 Å². The van der Waals surface area contributed by atoms with Crippen LogP contribution >= 0.6 is 0 Å². The zero-order valence-electron chi connectivity index (χ0n) is 15.3. The standard InChI is InChI=1S/C17H26O9/c1-4-13(20)24-11-9-23-10(7-8-12(18)19)16(25-14(21)5-2)17(11)26-15(22)6-3/h10-11,16-17H,4-9H2,1-3H3,(H,18,19)/t10-,11-,16-,17-/m1/s1. The normalized spacial score (nSPS) is 25.2. The summed E-state index contributed by atoms with van der Waals surface area (Å²) in [6, 6.07) is 0. The summed E-state index contributed by atoms with van der Waals surface area (Å²) in [5.74, 6) is -2.65. The Kier molecular flexibility index (Phi) is 9.04. The molecule has 26 heavy (non-hydrogen) atoms. The molecular weight excluding hydrogens is 348 g/mol. The van der Waals surface area contributed by atoms with Gasteiger partial charge in [-0.1, -0.05) is 20.8 Å². The third-order valence-corrected chi connectivity index (χ3v) is 3.86. The van der Waals surface area contributed by atoms with Gasteiger partial charge < -0.3 is 24.1 Å². The minimum Gasteiger partial charge on any atom is -0.481 e. The van der Waals surface area contributed by atoms with E-state index in [1.807, 2.05) is 0 Å². The molecule has 1 aliphatic heterocycles. The first kappa shape index (κ1) is 21.9. The van der Waals surface area contributed by atoms with Gasteiger partial charge in [-0.15, -0.1) is 0 Å². The van der Waals surface area contributed by atoms with Gasteiger partial charge in [0.2, 0.25) is 0 Å². The highest BCUT2D eigenvalue weighted by atomic mass is 16.6. The number of carbonyl (C=O) groups is 4. The first-order valence-electron chi connectivity index (χ1n) is 8.74. The largest absolute Gasteiger partial charge is 0.481 e. The number of carboxylic acids is 1. The maximum absolute atomic E-state index is 11.8. The Morgan fingerprint density at radius 1 is 0.885 bits per heavy atom. The Bertz CT molecular complexity index is 516. The molecule has 0 spiro atoms. The lowest BCUT2D eigenvalue weighted by atomic mass is 9.96. The van der Waals surface area contributed by atoms with Gasteiger partial charge in [0, 0.05) is 25.7 Å². The molecule has 4 atom stereocenters. The van der Waals surface area contributed by atoms with E-state index in [1.54, 1.807) is 20.8 Å². The number of aliphatic carboxylic acids is 1. The lowest BCUT2D eigenvalue weighted by Crippen LogP contribution is -2.57. The molecule has 0 unspecified atom stereocenters. The first-order chi connectivity index (χ1) is 12.3. The molecule has 148 valence electrons. The zero-order valence-corrected chi connectivity index (χ0v) is 15.3. The molecule has 9 heteroatoms. The van der Waals surface area contributed by atoms with Crippen molar-refractivity contribution in [2.24, 2.45) is 0 Å². The van der Waals surface area contributed by atoms with Crippen LogP contribution in [0.1, 0.15) is 52.9 Å². The summed E-state index contributed by atoms with van der Waals surface area (Å²) < 4.78 is 21.6. The number of hydrogen-bond donors (Lipinski definition) is 1. The van der Waals surface area contributed by atoms with E-state index in [0.29, 0.717) is 0 Å². The van der Waals surface area contributed by atoms with Gasteiger partial charge in [0.25, 0.3) is 0 Å². The molecule has 0 saturated carbocycles. The molecule has 1 aliphatic rings.